The standard InChI is InChI=1S/C16H19N3O3/c20-10-9-17-15-7-6-13(12-18-15)19-16(21)8-11-22-14-4-2-1-3-5-14/h1-7,12,20H,8-11H2,(H,17,18)(H,19,21). The minimum Gasteiger partial charge on any atom is -0.493 e. The van der Waals surface area contributed by atoms with Gasteiger partial charge in [0.25, 0.3) is 0 Å². The molecule has 1 aromatic heterocycles. The van der Waals surface area contributed by atoms with Crippen LogP contribution in [0.5, 0.6) is 5.75 Å². The zero-order chi connectivity index (χ0) is 15.6. The van der Waals surface area contributed by atoms with E-state index in [4.69, 9.17) is 9.84 Å². The molecule has 2 rings (SSSR count). The Morgan fingerprint density at radius 1 is 1.18 bits per heavy atom. The molecule has 0 bridgehead atoms. The van der Waals surface area contributed by atoms with Crippen molar-refractivity contribution in [3.05, 3.63) is 48.7 Å². The van der Waals surface area contributed by atoms with E-state index in [0.717, 1.165) is 5.75 Å². The van der Waals surface area contributed by atoms with Crippen LogP contribution in [0.4, 0.5) is 11.5 Å². The number of hydrogen-bond donors (Lipinski definition) is 3. The van der Waals surface area contributed by atoms with E-state index < -0.39 is 0 Å². The maximum atomic E-state index is 11.8. The third-order valence-corrected chi connectivity index (χ3v) is 2.81. The van der Waals surface area contributed by atoms with Gasteiger partial charge in [-0.1, -0.05) is 18.2 Å². The number of carbonyl (C=O) groups is 1. The van der Waals surface area contributed by atoms with E-state index in [9.17, 15) is 4.79 Å². The lowest BCUT2D eigenvalue weighted by atomic mass is 10.3. The number of carbonyl (C=O) groups excluding carboxylic acids is 1. The molecule has 22 heavy (non-hydrogen) atoms. The first-order chi connectivity index (χ1) is 10.8. The second-order valence-corrected chi connectivity index (χ2v) is 4.54. The molecule has 0 unspecified atom stereocenters. The molecule has 2 aromatic rings. The summed E-state index contributed by atoms with van der Waals surface area (Å²) in [5.41, 5.74) is 0.624. The van der Waals surface area contributed by atoms with E-state index >= 15 is 0 Å². The summed E-state index contributed by atoms with van der Waals surface area (Å²) in [4.78, 5) is 15.9. The number of rotatable bonds is 8. The summed E-state index contributed by atoms with van der Waals surface area (Å²) in [5.74, 6) is 1.27. The summed E-state index contributed by atoms with van der Waals surface area (Å²) in [7, 11) is 0. The normalized spacial score (nSPS) is 10.0. The fraction of sp³-hybridized carbons (Fsp3) is 0.250. The molecule has 0 saturated heterocycles. The number of pyridine rings is 1. The maximum Gasteiger partial charge on any atom is 0.227 e. The lowest BCUT2D eigenvalue weighted by Crippen LogP contribution is -2.15. The van der Waals surface area contributed by atoms with Crippen LogP contribution in [-0.4, -0.2) is 35.8 Å². The Labute approximate surface area is 129 Å². The van der Waals surface area contributed by atoms with Crippen LogP contribution in [0.15, 0.2) is 48.7 Å². The number of ether oxygens (including phenoxy) is 1. The number of para-hydroxylation sites is 1. The van der Waals surface area contributed by atoms with Crippen LogP contribution in [0, 0.1) is 0 Å². The van der Waals surface area contributed by atoms with Gasteiger partial charge in [0.15, 0.2) is 0 Å². The third-order valence-electron chi connectivity index (χ3n) is 2.81. The Hall–Kier alpha value is -2.60. The van der Waals surface area contributed by atoms with Gasteiger partial charge >= 0.3 is 0 Å². The predicted molar refractivity (Wildman–Crippen MR) is 85.0 cm³/mol. The van der Waals surface area contributed by atoms with Gasteiger partial charge in [-0.2, -0.15) is 0 Å². The zero-order valence-electron chi connectivity index (χ0n) is 12.2. The fourth-order valence-corrected chi connectivity index (χ4v) is 1.76. The van der Waals surface area contributed by atoms with Gasteiger partial charge in [0.1, 0.15) is 11.6 Å². The molecule has 6 heteroatoms. The molecule has 0 saturated carbocycles. The van der Waals surface area contributed by atoms with Gasteiger partial charge in [-0.25, -0.2) is 4.98 Å². The van der Waals surface area contributed by atoms with E-state index in [1.807, 2.05) is 30.3 Å². The van der Waals surface area contributed by atoms with Gasteiger partial charge in [-0.15, -0.1) is 0 Å². The highest BCUT2D eigenvalue weighted by molar-refractivity contribution is 5.90. The molecule has 0 atom stereocenters. The average molecular weight is 301 g/mol. The van der Waals surface area contributed by atoms with Gasteiger partial charge in [0.2, 0.25) is 5.91 Å². The maximum absolute atomic E-state index is 11.8. The lowest BCUT2D eigenvalue weighted by molar-refractivity contribution is -0.116. The van der Waals surface area contributed by atoms with Crippen molar-refractivity contribution < 1.29 is 14.6 Å². The van der Waals surface area contributed by atoms with Crippen molar-refractivity contribution in [1.82, 2.24) is 4.98 Å². The molecule has 1 aromatic carbocycles. The van der Waals surface area contributed by atoms with E-state index in [1.165, 1.54) is 0 Å². The molecule has 0 aliphatic carbocycles. The number of nitrogens with zero attached hydrogens (tertiary/aromatic N) is 1. The largest absolute Gasteiger partial charge is 0.493 e. The number of nitrogens with one attached hydrogen (secondary N) is 2. The minimum atomic E-state index is -0.131. The fourth-order valence-electron chi connectivity index (χ4n) is 1.76. The molecule has 0 radical (unpaired) electrons. The van der Waals surface area contributed by atoms with Gasteiger partial charge in [0.05, 0.1) is 31.5 Å². The van der Waals surface area contributed by atoms with Crippen LogP contribution in [0.25, 0.3) is 0 Å². The summed E-state index contributed by atoms with van der Waals surface area (Å²) in [5, 5.41) is 14.4. The molecular weight excluding hydrogens is 282 g/mol. The molecule has 1 heterocycles. The van der Waals surface area contributed by atoms with Crippen molar-refractivity contribution in [2.24, 2.45) is 0 Å². The molecule has 0 aliphatic rings. The minimum absolute atomic E-state index is 0.0432. The van der Waals surface area contributed by atoms with Crippen molar-refractivity contribution >= 4 is 17.4 Å². The quantitative estimate of drug-likeness (QED) is 0.693. The third kappa shape index (κ3) is 5.41. The summed E-state index contributed by atoms with van der Waals surface area (Å²) >= 11 is 0. The zero-order valence-corrected chi connectivity index (χ0v) is 12.2. The van der Waals surface area contributed by atoms with Crippen molar-refractivity contribution in [2.75, 3.05) is 30.4 Å². The first-order valence-electron chi connectivity index (χ1n) is 7.06. The summed E-state index contributed by atoms with van der Waals surface area (Å²) in [6.45, 7) is 0.802. The molecular formula is C16H19N3O3. The Kier molecular flexibility index (Phi) is 6.19. The highest BCUT2D eigenvalue weighted by Crippen LogP contribution is 2.11. The van der Waals surface area contributed by atoms with Crippen LogP contribution >= 0.6 is 0 Å². The Bertz CT molecular complexity index is 573. The van der Waals surface area contributed by atoms with Gasteiger partial charge in [-0.05, 0) is 24.3 Å². The highest BCUT2D eigenvalue weighted by atomic mass is 16.5. The second kappa shape index (κ2) is 8.63. The monoisotopic (exact) mass is 301 g/mol. The van der Waals surface area contributed by atoms with E-state index in [0.29, 0.717) is 24.7 Å². The SMILES string of the molecule is O=C(CCOc1ccccc1)Nc1ccc(NCCO)nc1. The molecule has 0 spiro atoms. The first-order valence-corrected chi connectivity index (χ1v) is 7.06. The number of aliphatic hydroxyl groups excluding tert-OH is 1. The number of hydrogen-bond acceptors (Lipinski definition) is 5. The van der Waals surface area contributed by atoms with E-state index in [-0.39, 0.29) is 18.9 Å². The van der Waals surface area contributed by atoms with Crippen molar-refractivity contribution in [1.29, 1.82) is 0 Å². The van der Waals surface area contributed by atoms with Crippen LogP contribution < -0.4 is 15.4 Å². The lowest BCUT2D eigenvalue weighted by Gasteiger charge is -2.08. The van der Waals surface area contributed by atoms with Crippen LogP contribution in [0.3, 0.4) is 0 Å². The van der Waals surface area contributed by atoms with E-state index in [1.54, 1.807) is 18.3 Å². The smallest absolute Gasteiger partial charge is 0.227 e. The molecule has 3 N–H and O–H groups in total. The molecule has 0 fully saturated rings. The summed E-state index contributed by atoms with van der Waals surface area (Å²) in [6.07, 6.45) is 1.83. The molecule has 6 nitrogen and oxygen atoms in total. The van der Waals surface area contributed by atoms with Gasteiger partial charge < -0.3 is 20.5 Å². The summed E-state index contributed by atoms with van der Waals surface area (Å²) < 4.78 is 5.47. The Morgan fingerprint density at radius 3 is 2.68 bits per heavy atom. The number of aliphatic hydroxyl groups is 1. The summed E-state index contributed by atoms with van der Waals surface area (Å²) in [6, 6.07) is 12.9. The Balaban J connectivity index is 1.72. The predicted octanol–water partition coefficient (Wildman–Crippen LogP) is 1.89. The molecule has 116 valence electrons. The highest BCUT2D eigenvalue weighted by Gasteiger charge is 2.03. The Morgan fingerprint density at radius 2 is 2.00 bits per heavy atom. The van der Waals surface area contributed by atoms with Crippen LogP contribution in [0.2, 0.25) is 0 Å². The van der Waals surface area contributed by atoms with Crippen LogP contribution in [-0.2, 0) is 4.79 Å². The van der Waals surface area contributed by atoms with Crippen molar-refractivity contribution in [3.8, 4) is 5.75 Å². The van der Waals surface area contributed by atoms with E-state index in [2.05, 4.69) is 15.6 Å². The number of anilines is 2. The molecule has 0 aliphatic heterocycles. The number of aromatic nitrogens is 1. The van der Waals surface area contributed by atoms with Crippen molar-refractivity contribution in [3.63, 3.8) is 0 Å². The number of amides is 1. The average Bonchev–Trinajstić information content (AvgIpc) is 2.55. The topological polar surface area (TPSA) is 83.5 Å². The first kappa shape index (κ1) is 15.8. The van der Waals surface area contributed by atoms with Gasteiger partial charge in [0, 0.05) is 6.54 Å². The second-order valence-electron chi connectivity index (χ2n) is 4.54. The number of benzene rings is 1. The molecule has 1 amide bonds. The van der Waals surface area contributed by atoms with Gasteiger partial charge in [-0.3, -0.25) is 4.79 Å². The van der Waals surface area contributed by atoms with Crippen molar-refractivity contribution in [2.45, 2.75) is 6.42 Å². The van der Waals surface area contributed by atoms with Crippen LogP contribution in [0.1, 0.15) is 6.42 Å².